The number of hydrogen-bond donors (Lipinski definition) is 2. The maximum absolute atomic E-state index is 11.3. The van der Waals surface area contributed by atoms with Crippen LogP contribution in [0.1, 0.15) is 0 Å². The van der Waals surface area contributed by atoms with Gasteiger partial charge in [0.05, 0.1) is 25.6 Å². The minimum absolute atomic E-state index is 0.199. The molecule has 2 unspecified atom stereocenters. The SMILES string of the molecule is CS(=O)(=O)NCC1OC(O)CN1S(C)(=O)=O. The molecule has 2 atom stereocenters. The fourth-order valence-electron chi connectivity index (χ4n) is 1.29. The van der Waals surface area contributed by atoms with E-state index in [1.807, 2.05) is 0 Å². The molecular formula is C6H14N2O6S2. The van der Waals surface area contributed by atoms with Crippen LogP contribution in [0.25, 0.3) is 0 Å². The average Bonchev–Trinajstić information content (AvgIpc) is 2.41. The highest BCUT2D eigenvalue weighted by Crippen LogP contribution is 2.17. The van der Waals surface area contributed by atoms with Crippen molar-refractivity contribution >= 4 is 20.0 Å². The molecular weight excluding hydrogens is 260 g/mol. The molecule has 10 heteroatoms. The van der Waals surface area contributed by atoms with Crippen molar-refractivity contribution in [3.8, 4) is 0 Å². The summed E-state index contributed by atoms with van der Waals surface area (Å²) >= 11 is 0. The highest BCUT2D eigenvalue weighted by Gasteiger charge is 2.37. The second-order valence-electron chi connectivity index (χ2n) is 3.50. The van der Waals surface area contributed by atoms with Crippen LogP contribution < -0.4 is 4.72 Å². The smallest absolute Gasteiger partial charge is 0.213 e. The summed E-state index contributed by atoms with van der Waals surface area (Å²) in [7, 11) is -6.97. The van der Waals surface area contributed by atoms with Crippen LogP contribution in [-0.2, 0) is 24.8 Å². The van der Waals surface area contributed by atoms with Gasteiger partial charge in [-0.2, -0.15) is 4.31 Å². The Balaban J connectivity index is 2.72. The number of sulfonamides is 2. The molecule has 0 aliphatic carbocycles. The average molecular weight is 274 g/mol. The van der Waals surface area contributed by atoms with E-state index >= 15 is 0 Å². The van der Waals surface area contributed by atoms with Crippen molar-refractivity contribution in [3.63, 3.8) is 0 Å². The van der Waals surface area contributed by atoms with Gasteiger partial charge in [0.15, 0.2) is 6.29 Å². The lowest BCUT2D eigenvalue weighted by atomic mass is 10.6. The van der Waals surface area contributed by atoms with Gasteiger partial charge in [0.25, 0.3) is 0 Å². The van der Waals surface area contributed by atoms with E-state index in [1.54, 1.807) is 0 Å². The van der Waals surface area contributed by atoms with Crippen molar-refractivity contribution < 1.29 is 26.7 Å². The van der Waals surface area contributed by atoms with Crippen molar-refractivity contribution in [3.05, 3.63) is 0 Å². The molecule has 1 rings (SSSR count). The van der Waals surface area contributed by atoms with Crippen LogP contribution >= 0.6 is 0 Å². The van der Waals surface area contributed by atoms with Crippen molar-refractivity contribution in [2.45, 2.75) is 12.5 Å². The molecule has 16 heavy (non-hydrogen) atoms. The molecule has 0 saturated carbocycles. The predicted octanol–water partition coefficient (Wildman–Crippen LogP) is -2.53. The third kappa shape index (κ3) is 3.96. The lowest BCUT2D eigenvalue weighted by molar-refractivity contribution is -0.0881. The van der Waals surface area contributed by atoms with Crippen LogP contribution in [0.15, 0.2) is 0 Å². The molecule has 0 radical (unpaired) electrons. The standard InChI is InChI=1S/C6H14N2O6S2/c1-15(10,11)7-3-5-8(16(2,12)13)4-6(9)14-5/h5-7,9H,3-4H2,1-2H3. The Morgan fingerprint density at radius 2 is 1.94 bits per heavy atom. The second-order valence-corrected chi connectivity index (χ2v) is 7.27. The first-order valence-electron chi connectivity index (χ1n) is 4.34. The van der Waals surface area contributed by atoms with Crippen LogP contribution in [-0.4, -0.2) is 64.4 Å². The largest absolute Gasteiger partial charge is 0.367 e. The lowest BCUT2D eigenvalue weighted by Crippen LogP contribution is -2.43. The number of nitrogens with zero attached hydrogens (tertiary/aromatic N) is 1. The minimum Gasteiger partial charge on any atom is -0.367 e. The summed E-state index contributed by atoms with van der Waals surface area (Å²) in [4.78, 5) is 0. The van der Waals surface area contributed by atoms with E-state index in [2.05, 4.69) is 4.72 Å². The van der Waals surface area contributed by atoms with E-state index < -0.39 is 32.6 Å². The Bertz CT molecular complexity index is 444. The van der Waals surface area contributed by atoms with E-state index in [4.69, 9.17) is 9.84 Å². The van der Waals surface area contributed by atoms with Gasteiger partial charge in [0, 0.05) is 0 Å². The normalized spacial score (nSPS) is 28.4. The minimum atomic E-state index is -3.54. The van der Waals surface area contributed by atoms with Gasteiger partial charge >= 0.3 is 0 Å². The number of aliphatic hydroxyl groups is 1. The Morgan fingerprint density at radius 3 is 2.38 bits per heavy atom. The van der Waals surface area contributed by atoms with Crippen LogP contribution in [0, 0.1) is 0 Å². The molecule has 1 saturated heterocycles. The summed E-state index contributed by atoms with van der Waals surface area (Å²) in [6.45, 7) is -0.433. The maximum atomic E-state index is 11.3. The predicted molar refractivity (Wildman–Crippen MR) is 55.3 cm³/mol. The fraction of sp³-hybridized carbons (Fsp3) is 1.00. The molecule has 0 aromatic carbocycles. The Labute approximate surface area is 94.3 Å². The first-order chi connectivity index (χ1) is 7.09. The van der Waals surface area contributed by atoms with E-state index in [1.165, 1.54) is 0 Å². The summed E-state index contributed by atoms with van der Waals surface area (Å²) in [5.41, 5.74) is 0. The zero-order valence-electron chi connectivity index (χ0n) is 8.82. The lowest BCUT2D eigenvalue weighted by Gasteiger charge is -2.19. The number of β-amino-alcohol motifs (C(OH)–C–C–N with tert-alkyl or cyclic N) is 1. The van der Waals surface area contributed by atoms with Gasteiger partial charge in [-0.05, 0) is 0 Å². The van der Waals surface area contributed by atoms with Crippen molar-refractivity contribution in [1.29, 1.82) is 0 Å². The molecule has 1 heterocycles. The summed E-state index contributed by atoms with van der Waals surface area (Å²) < 4.78 is 52.1. The molecule has 1 aliphatic rings. The van der Waals surface area contributed by atoms with E-state index in [0.717, 1.165) is 16.8 Å². The van der Waals surface area contributed by atoms with Gasteiger partial charge in [-0.15, -0.1) is 0 Å². The molecule has 1 fully saturated rings. The first kappa shape index (κ1) is 13.8. The van der Waals surface area contributed by atoms with Crippen molar-refractivity contribution in [2.75, 3.05) is 25.6 Å². The molecule has 0 spiro atoms. The van der Waals surface area contributed by atoms with Gasteiger partial charge in [0.2, 0.25) is 20.0 Å². The quantitative estimate of drug-likeness (QED) is 0.584. The first-order valence-corrected chi connectivity index (χ1v) is 8.08. The second kappa shape index (κ2) is 4.55. The Hall–Kier alpha value is -0.260. The molecule has 0 amide bonds. The van der Waals surface area contributed by atoms with Crippen LogP contribution in [0.2, 0.25) is 0 Å². The van der Waals surface area contributed by atoms with Gasteiger partial charge in [-0.1, -0.05) is 0 Å². The molecule has 96 valence electrons. The molecule has 8 nitrogen and oxygen atoms in total. The monoisotopic (exact) mass is 274 g/mol. The number of ether oxygens (including phenoxy) is 1. The number of aliphatic hydroxyl groups excluding tert-OH is 1. The number of nitrogens with one attached hydrogen (secondary N) is 1. The fourth-order valence-corrected chi connectivity index (χ4v) is 2.68. The van der Waals surface area contributed by atoms with Crippen molar-refractivity contribution in [2.24, 2.45) is 0 Å². The third-order valence-electron chi connectivity index (χ3n) is 1.92. The zero-order valence-corrected chi connectivity index (χ0v) is 10.5. The zero-order chi connectivity index (χ0) is 12.6. The van der Waals surface area contributed by atoms with E-state index in [-0.39, 0.29) is 13.1 Å². The molecule has 1 aliphatic heterocycles. The van der Waals surface area contributed by atoms with E-state index in [9.17, 15) is 16.8 Å². The van der Waals surface area contributed by atoms with Gasteiger partial charge in [-0.3, -0.25) is 0 Å². The summed E-state index contributed by atoms with van der Waals surface area (Å²) in [6.07, 6.45) is -0.342. The highest BCUT2D eigenvalue weighted by molar-refractivity contribution is 7.88. The number of hydrogen-bond acceptors (Lipinski definition) is 6. The summed E-state index contributed by atoms with van der Waals surface area (Å²) in [5, 5.41) is 9.16. The highest BCUT2D eigenvalue weighted by atomic mass is 32.2. The maximum Gasteiger partial charge on any atom is 0.213 e. The van der Waals surface area contributed by atoms with Crippen LogP contribution in [0.4, 0.5) is 0 Å². The Kier molecular flexibility index (Phi) is 3.92. The molecule has 0 bridgehead atoms. The summed E-state index contributed by atoms with van der Waals surface area (Å²) in [5.74, 6) is 0. The topological polar surface area (TPSA) is 113 Å². The molecule has 0 aromatic heterocycles. The van der Waals surface area contributed by atoms with Gasteiger partial charge in [0.1, 0.15) is 6.23 Å². The van der Waals surface area contributed by atoms with Crippen LogP contribution in [0.5, 0.6) is 0 Å². The summed E-state index contributed by atoms with van der Waals surface area (Å²) in [6, 6.07) is 0. The van der Waals surface area contributed by atoms with Crippen molar-refractivity contribution in [1.82, 2.24) is 9.03 Å². The van der Waals surface area contributed by atoms with Gasteiger partial charge < -0.3 is 9.84 Å². The Morgan fingerprint density at radius 1 is 1.38 bits per heavy atom. The molecule has 2 N–H and O–H groups in total. The number of rotatable bonds is 4. The molecule has 0 aromatic rings. The van der Waals surface area contributed by atoms with Crippen LogP contribution in [0.3, 0.4) is 0 Å². The van der Waals surface area contributed by atoms with Gasteiger partial charge in [-0.25, -0.2) is 21.6 Å². The van der Waals surface area contributed by atoms with E-state index in [0.29, 0.717) is 0 Å². The third-order valence-corrected chi connectivity index (χ3v) is 3.84.